The Hall–Kier alpha value is -4.22. The summed E-state index contributed by atoms with van der Waals surface area (Å²) in [6.07, 6.45) is 3.99. The van der Waals surface area contributed by atoms with Crippen molar-refractivity contribution in [1.29, 1.82) is 0 Å². The summed E-state index contributed by atoms with van der Waals surface area (Å²) in [5, 5.41) is 10.6. The molecule has 3 heterocycles. The normalized spacial score (nSPS) is 16.7. The number of aliphatic imine (C=N–C) groups is 2. The van der Waals surface area contributed by atoms with Crippen LogP contribution in [0.15, 0.2) is 40.1 Å². The first-order valence-electron chi connectivity index (χ1n) is 12.5. The van der Waals surface area contributed by atoms with Crippen LogP contribution in [0.4, 0.5) is 14.6 Å². The molecule has 0 bridgehead atoms. The SMILES string of the molecule is C=N/C(=C\C(=N/COc1cc(F)c2[nH]c(C)cc2c1F)N1CCN(C(C)=O)CC1)Nc1cc(C2CC2)[nH]n1. The number of aryl methyl sites for hydroxylation is 1. The van der Waals surface area contributed by atoms with Crippen LogP contribution in [0.3, 0.4) is 0 Å². The first-order valence-corrected chi connectivity index (χ1v) is 12.5. The van der Waals surface area contributed by atoms with Gasteiger partial charge in [-0.3, -0.25) is 9.89 Å². The number of ether oxygens (including phenoxy) is 1. The van der Waals surface area contributed by atoms with Crippen LogP contribution < -0.4 is 10.1 Å². The monoisotopic (exact) mass is 524 g/mol. The van der Waals surface area contributed by atoms with E-state index in [2.05, 4.69) is 37.2 Å². The van der Waals surface area contributed by atoms with Crippen LogP contribution in [0, 0.1) is 18.6 Å². The lowest BCUT2D eigenvalue weighted by atomic mass is 10.2. The number of fused-ring (bicyclic) bond motifs is 1. The summed E-state index contributed by atoms with van der Waals surface area (Å²) in [7, 11) is 0. The highest BCUT2D eigenvalue weighted by molar-refractivity contribution is 5.94. The molecular formula is C26H30F2N8O2. The van der Waals surface area contributed by atoms with E-state index in [-0.39, 0.29) is 29.3 Å². The number of amides is 1. The van der Waals surface area contributed by atoms with Gasteiger partial charge >= 0.3 is 0 Å². The zero-order valence-electron chi connectivity index (χ0n) is 21.4. The quantitative estimate of drug-likeness (QED) is 0.306. The van der Waals surface area contributed by atoms with E-state index in [1.54, 1.807) is 24.8 Å². The van der Waals surface area contributed by atoms with Crippen molar-refractivity contribution in [3.05, 3.63) is 53.1 Å². The van der Waals surface area contributed by atoms with Gasteiger partial charge in [0.1, 0.15) is 11.7 Å². The van der Waals surface area contributed by atoms with Crippen molar-refractivity contribution in [3.63, 3.8) is 0 Å². The van der Waals surface area contributed by atoms with E-state index >= 15 is 0 Å². The van der Waals surface area contributed by atoms with Gasteiger partial charge in [-0.05, 0) is 32.5 Å². The van der Waals surface area contributed by atoms with Crippen LogP contribution in [-0.4, -0.2) is 76.4 Å². The van der Waals surface area contributed by atoms with Crippen LogP contribution in [0.5, 0.6) is 5.75 Å². The molecule has 0 unspecified atom stereocenters. The molecule has 2 fully saturated rings. The van der Waals surface area contributed by atoms with E-state index in [0.717, 1.165) is 24.6 Å². The van der Waals surface area contributed by atoms with Crippen LogP contribution in [0.2, 0.25) is 0 Å². The smallest absolute Gasteiger partial charge is 0.219 e. The van der Waals surface area contributed by atoms with Crippen molar-refractivity contribution in [2.24, 2.45) is 9.98 Å². The number of carbonyl (C=O) groups is 1. The molecule has 1 saturated heterocycles. The number of aromatic nitrogens is 3. The molecule has 1 aromatic carbocycles. The van der Waals surface area contributed by atoms with Crippen molar-refractivity contribution >= 4 is 35.2 Å². The van der Waals surface area contributed by atoms with Gasteiger partial charge in [0.2, 0.25) is 5.91 Å². The van der Waals surface area contributed by atoms with Gasteiger partial charge in [-0.25, -0.2) is 18.8 Å². The van der Waals surface area contributed by atoms with Gasteiger partial charge in [-0.1, -0.05) is 0 Å². The summed E-state index contributed by atoms with van der Waals surface area (Å²) >= 11 is 0. The minimum absolute atomic E-state index is 0.00927. The maximum absolute atomic E-state index is 15.0. The third-order valence-electron chi connectivity index (χ3n) is 6.70. The second-order valence-electron chi connectivity index (χ2n) is 9.49. The third-order valence-corrected chi connectivity index (χ3v) is 6.70. The second-order valence-corrected chi connectivity index (χ2v) is 9.49. The van der Waals surface area contributed by atoms with Crippen molar-refractivity contribution in [1.82, 2.24) is 25.0 Å². The van der Waals surface area contributed by atoms with Gasteiger partial charge in [0.15, 0.2) is 29.9 Å². The molecular weight excluding hydrogens is 494 g/mol. The summed E-state index contributed by atoms with van der Waals surface area (Å²) in [6.45, 7) is 8.78. The number of nitrogens with one attached hydrogen (secondary N) is 3. The highest BCUT2D eigenvalue weighted by Gasteiger charge is 2.26. The average molecular weight is 525 g/mol. The number of amidine groups is 1. The topological polar surface area (TPSA) is 114 Å². The Kier molecular flexibility index (Phi) is 7.12. The Morgan fingerprint density at radius 2 is 1.97 bits per heavy atom. The van der Waals surface area contributed by atoms with Gasteiger partial charge in [0.25, 0.3) is 0 Å². The Morgan fingerprint density at radius 3 is 2.66 bits per heavy atom. The highest BCUT2D eigenvalue weighted by atomic mass is 19.1. The Balaban J connectivity index is 1.36. The molecule has 3 aromatic rings. The van der Waals surface area contributed by atoms with Gasteiger partial charge < -0.3 is 24.8 Å². The average Bonchev–Trinajstić information content (AvgIpc) is 3.52. The van der Waals surface area contributed by atoms with Crippen LogP contribution in [0.1, 0.15) is 37.1 Å². The largest absolute Gasteiger partial charge is 0.468 e. The molecule has 1 aliphatic heterocycles. The van der Waals surface area contributed by atoms with E-state index < -0.39 is 11.6 Å². The fraction of sp³-hybridized carbons (Fsp3) is 0.385. The van der Waals surface area contributed by atoms with Crippen molar-refractivity contribution in [2.45, 2.75) is 32.6 Å². The first-order chi connectivity index (χ1) is 18.3. The van der Waals surface area contributed by atoms with Crippen molar-refractivity contribution in [3.8, 4) is 5.75 Å². The highest BCUT2D eigenvalue weighted by Crippen LogP contribution is 2.39. The Labute approximate surface area is 218 Å². The number of hydrogen-bond donors (Lipinski definition) is 3. The van der Waals surface area contributed by atoms with Gasteiger partial charge in [-0.15, -0.1) is 0 Å². The number of halogens is 2. The van der Waals surface area contributed by atoms with E-state index in [1.807, 2.05) is 11.0 Å². The molecule has 0 radical (unpaired) electrons. The Morgan fingerprint density at radius 1 is 1.24 bits per heavy atom. The maximum Gasteiger partial charge on any atom is 0.219 e. The predicted octanol–water partition coefficient (Wildman–Crippen LogP) is 3.91. The minimum Gasteiger partial charge on any atom is -0.468 e. The molecule has 0 spiro atoms. The standard InChI is InChI=1S/C26H30F2N8O2/c1-15-10-18-25(28)21(11-19(27)26(18)31-15)38-14-30-24(36-8-6-35(7-9-36)16(2)37)13-22(29-3)32-23-12-20(33-34-23)17-4-5-17/h10-13,17,31H,3-9,14H2,1-2H3,(H2,32,33,34)/b22-13+,30-24+. The van der Waals surface area contributed by atoms with E-state index in [0.29, 0.717) is 55.3 Å². The summed E-state index contributed by atoms with van der Waals surface area (Å²) in [4.78, 5) is 26.9. The van der Waals surface area contributed by atoms with E-state index in [4.69, 9.17) is 4.74 Å². The Bertz CT molecular complexity index is 1410. The summed E-state index contributed by atoms with van der Waals surface area (Å²) in [6, 6.07) is 4.49. The van der Waals surface area contributed by atoms with E-state index in [1.165, 1.54) is 6.07 Å². The number of benzene rings is 1. The van der Waals surface area contributed by atoms with Gasteiger partial charge in [0.05, 0.1) is 5.52 Å². The lowest BCUT2D eigenvalue weighted by molar-refractivity contribution is -0.130. The summed E-state index contributed by atoms with van der Waals surface area (Å²) in [5.74, 6) is 0.549. The fourth-order valence-electron chi connectivity index (χ4n) is 4.47. The molecule has 2 aliphatic rings. The zero-order valence-corrected chi connectivity index (χ0v) is 21.4. The number of H-pyrrole nitrogens is 2. The number of nitrogens with zero attached hydrogens (tertiary/aromatic N) is 5. The number of piperazine rings is 1. The van der Waals surface area contributed by atoms with Crippen LogP contribution in [0.25, 0.3) is 10.9 Å². The number of rotatable bonds is 8. The lowest BCUT2D eigenvalue weighted by Gasteiger charge is -2.35. The van der Waals surface area contributed by atoms with Crippen LogP contribution in [-0.2, 0) is 4.79 Å². The predicted molar refractivity (Wildman–Crippen MR) is 142 cm³/mol. The zero-order chi connectivity index (χ0) is 26.8. The van der Waals surface area contributed by atoms with E-state index in [9.17, 15) is 13.6 Å². The number of aromatic amines is 2. The summed E-state index contributed by atoms with van der Waals surface area (Å²) in [5.41, 5.74) is 1.81. The lowest BCUT2D eigenvalue weighted by Crippen LogP contribution is -2.49. The molecule has 10 nitrogen and oxygen atoms in total. The molecule has 38 heavy (non-hydrogen) atoms. The first kappa shape index (κ1) is 25.4. The molecule has 0 atom stereocenters. The molecule has 12 heteroatoms. The molecule has 200 valence electrons. The van der Waals surface area contributed by atoms with Crippen molar-refractivity contribution in [2.75, 3.05) is 38.2 Å². The molecule has 5 rings (SSSR count). The molecule has 3 N–H and O–H groups in total. The molecule has 2 aromatic heterocycles. The maximum atomic E-state index is 15.0. The summed E-state index contributed by atoms with van der Waals surface area (Å²) < 4.78 is 35.0. The number of carbonyl (C=O) groups excluding carboxylic acids is 1. The molecule has 1 amide bonds. The van der Waals surface area contributed by atoms with Crippen molar-refractivity contribution < 1.29 is 18.3 Å². The number of anilines is 1. The molecule has 1 saturated carbocycles. The second kappa shape index (κ2) is 10.6. The van der Waals surface area contributed by atoms with Crippen LogP contribution >= 0.6 is 0 Å². The van der Waals surface area contributed by atoms with Gasteiger partial charge in [0, 0.05) is 74.0 Å². The molecule has 1 aliphatic carbocycles. The fourth-order valence-corrected chi connectivity index (χ4v) is 4.47. The van der Waals surface area contributed by atoms with Gasteiger partial charge in [-0.2, -0.15) is 5.10 Å². The minimum atomic E-state index is -0.659. The third kappa shape index (κ3) is 5.53. The number of hydrogen-bond acceptors (Lipinski definition) is 6.